The highest BCUT2D eigenvalue weighted by Gasteiger charge is 2.16. The predicted octanol–water partition coefficient (Wildman–Crippen LogP) is 1.09. The van der Waals surface area contributed by atoms with Crippen molar-refractivity contribution in [3.63, 3.8) is 0 Å². The van der Waals surface area contributed by atoms with Crippen molar-refractivity contribution in [3.05, 3.63) is 46.4 Å². The summed E-state index contributed by atoms with van der Waals surface area (Å²) in [5, 5.41) is 2.94. The van der Waals surface area contributed by atoms with Crippen LogP contribution in [-0.2, 0) is 7.05 Å². The van der Waals surface area contributed by atoms with Crippen LogP contribution in [0.15, 0.2) is 29.1 Å². The molecule has 0 bridgehead atoms. The van der Waals surface area contributed by atoms with E-state index in [9.17, 15) is 14.0 Å². The van der Waals surface area contributed by atoms with Crippen LogP contribution in [0.4, 0.5) is 4.39 Å². The Morgan fingerprint density at radius 2 is 1.94 bits per heavy atom. The smallest absolute Gasteiger partial charge is 0.274 e. The maximum atomic E-state index is 12.7. The Morgan fingerprint density at radius 1 is 1.35 bits per heavy atom. The molecule has 0 saturated heterocycles. The van der Waals surface area contributed by atoms with Crippen molar-refractivity contribution >= 4 is 16.8 Å². The summed E-state index contributed by atoms with van der Waals surface area (Å²) < 4.78 is 14.7. The van der Waals surface area contributed by atoms with Gasteiger partial charge in [0, 0.05) is 7.05 Å². The summed E-state index contributed by atoms with van der Waals surface area (Å²) in [4.78, 5) is 22.7. The van der Waals surface area contributed by atoms with Crippen LogP contribution >= 0.6 is 11.6 Å². The fraction of sp³-hybridized carbons (Fsp3) is 0.100. The third-order valence-electron chi connectivity index (χ3n) is 2.23. The number of carbonyl (C=O) groups is 1. The van der Waals surface area contributed by atoms with E-state index in [1.54, 1.807) is 0 Å². The minimum atomic E-state index is -0.828. The summed E-state index contributed by atoms with van der Waals surface area (Å²) in [7, 11) is 1.38. The second kappa shape index (κ2) is 4.14. The van der Waals surface area contributed by atoms with Crippen LogP contribution in [0, 0.1) is 5.82 Å². The molecule has 0 spiro atoms. The summed E-state index contributed by atoms with van der Waals surface area (Å²) in [6, 6.07) is 5.15. The van der Waals surface area contributed by atoms with Gasteiger partial charge in [-0.1, -0.05) is 0 Å². The monoisotopic (exact) mass is 255 g/mol. The lowest BCUT2D eigenvalue weighted by molar-refractivity contribution is 0.106. The first-order valence-electron chi connectivity index (χ1n) is 4.62. The van der Waals surface area contributed by atoms with Crippen LogP contribution in [0.1, 0.15) is 10.6 Å². The zero-order chi connectivity index (χ0) is 12.6. The van der Waals surface area contributed by atoms with Crippen LogP contribution in [0.3, 0.4) is 0 Å². The third-order valence-corrected chi connectivity index (χ3v) is 2.40. The van der Waals surface area contributed by atoms with E-state index in [1.165, 1.54) is 31.3 Å². The minimum absolute atomic E-state index is 0.166. The van der Waals surface area contributed by atoms with E-state index >= 15 is 0 Å². The Balaban J connectivity index is 2.61. The molecule has 1 aromatic heterocycles. The fourth-order valence-corrected chi connectivity index (χ4v) is 1.52. The molecule has 88 valence electrons. The normalized spacial score (nSPS) is 10.5. The lowest BCUT2D eigenvalue weighted by Gasteiger charge is -1.97. The molecule has 2 rings (SSSR count). The maximum Gasteiger partial charge on any atom is 0.350 e. The van der Waals surface area contributed by atoms with Gasteiger partial charge in [0.2, 0.25) is 5.82 Å². The van der Waals surface area contributed by atoms with Crippen LogP contribution in [0.25, 0.3) is 5.69 Å². The molecule has 5 nitrogen and oxygen atoms in total. The fourth-order valence-electron chi connectivity index (χ4n) is 1.36. The Labute approximate surface area is 100 Å². The zero-order valence-corrected chi connectivity index (χ0v) is 9.48. The number of carbonyl (C=O) groups excluding carboxylic acids is 1. The SMILES string of the molecule is Cn1c(C(=O)Cl)nn(-c2ccc(F)cc2)c1=O. The van der Waals surface area contributed by atoms with Gasteiger partial charge in [0.25, 0.3) is 5.24 Å². The van der Waals surface area contributed by atoms with E-state index in [1.807, 2.05) is 0 Å². The number of hydrogen-bond donors (Lipinski definition) is 0. The van der Waals surface area contributed by atoms with Gasteiger partial charge >= 0.3 is 5.69 Å². The van der Waals surface area contributed by atoms with Gasteiger partial charge in [0.1, 0.15) is 5.82 Å². The Bertz CT molecular complexity index is 630. The highest BCUT2D eigenvalue weighted by atomic mass is 35.5. The van der Waals surface area contributed by atoms with Gasteiger partial charge in [-0.25, -0.2) is 9.18 Å². The van der Waals surface area contributed by atoms with Gasteiger partial charge in [-0.05, 0) is 35.9 Å². The molecular formula is C10H7ClFN3O2. The molecule has 2 aromatic rings. The first-order valence-corrected chi connectivity index (χ1v) is 5.00. The van der Waals surface area contributed by atoms with Crippen LogP contribution in [0.2, 0.25) is 0 Å². The second-order valence-electron chi connectivity index (χ2n) is 3.33. The molecule has 0 aliphatic heterocycles. The number of aromatic nitrogens is 3. The largest absolute Gasteiger partial charge is 0.350 e. The van der Waals surface area contributed by atoms with Crippen molar-refractivity contribution in [2.24, 2.45) is 7.05 Å². The van der Waals surface area contributed by atoms with Gasteiger partial charge in [0.05, 0.1) is 5.69 Å². The van der Waals surface area contributed by atoms with E-state index in [0.29, 0.717) is 5.69 Å². The van der Waals surface area contributed by atoms with Crippen LogP contribution < -0.4 is 5.69 Å². The van der Waals surface area contributed by atoms with Gasteiger partial charge < -0.3 is 0 Å². The molecule has 0 fully saturated rings. The van der Waals surface area contributed by atoms with Crippen LogP contribution in [0.5, 0.6) is 0 Å². The highest BCUT2D eigenvalue weighted by molar-refractivity contribution is 6.67. The number of rotatable bonds is 2. The molecule has 0 aliphatic carbocycles. The summed E-state index contributed by atoms with van der Waals surface area (Å²) >= 11 is 5.27. The summed E-state index contributed by atoms with van der Waals surface area (Å²) in [6.07, 6.45) is 0. The number of nitrogens with zero attached hydrogens (tertiary/aromatic N) is 3. The van der Waals surface area contributed by atoms with Crippen molar-refractivity contribution in [1.29, 1.82) is 0 Å². The topological polar surface area (TPSA) is 56.9 Å². The summed E-state index contributed by atoms with van der Waals surface area (Å²) in [5.41, 5.74) is -0.170. The van der Waals surface area contributed by atoms with E-state index < -0.39 is 16.7 Å². The summed E-state index contributed by atoms with van der Waals surface area (Å²) in [5.74, 6) is -0.590. The molecule has 7 heteroatoms. The minimum Gasteiger partial charge on any atom is -0.274 e. The molecule has 0 radical (unpaired) electrons. The maximum absolute atomic E-state index is 12.7. The lowest BCUT2D eigenvalue weighted by atomic mass is 10.3. The predicted molar refractivity (Wildman–Crippen MR) is 58.9 cm³/mol. The molecule has 17 heavy (non-hydrogen) atoms. The van der Waals surface area contributed by atoms with Crippen molar-refractivity contribution in [2.75, 3.05) is 0 Å². The van der Waals surface area contributed by atoms with Gasteiger partial charge in [-0.3, -0.25) is 9.36 Å². The molecule has 0 amide bonds. The lowest BCUT2D eigenvalue weighted by Crippen LogP contribution is -2.22. The van der Waals surface area contributed by atoms with E-state index in [0.717, 1.165) is 9.25 Å². The average molecular weight is 256 g/mol. The molecule has 0 N–H and O–H groups in total. The molecule has 1 heterocycles. The first-order chi connectivity index (χ1) is 8.00. The average Bonchev–Trinajstić information content (AvgIpc) is 2.58. The zero-order valence-electron chi connectivity index (χ0n) is 8.72. The standard InChI is InChI=1S/C10H7ClFN3O2/c1-14-9(8(11)16)13-15(10(14)17)7-4-2-6(12)3-5-7/h2-5H,1H3. The molecule has 0 aliphatic rings. The highest BCUT2D eigenvalue weighted by Crippen LogP contribution is 2.06. The second-order valence-corrected chi connectivity index (χ2v) is 3.67. The van der Waals surface area contributed by atoms with Crippen molar-refractivity contribution in [2.45, 2.75) is 0 Å². The quantitative estimate of drug-likeness (QED) is 0.755. The molecular weight excluding hydrogens is 249 g/mol. The summed E-state index contributed by atoms with van der Waals surface area (Å²) in [6.45, 7) is 0. The Morgan fingerprint density at radius 3 is 2.41 bits per heavy atom. The molecule has 0 unspecified atom stereocenters. The number of halogens is 2. The Kier molecular flexibility index (Phi) is 2.81. The number of hydrogen-bond acceptors (Lipinski definition) is 3. The number of benzene rings is 1. The van der Waals surface area contributed by atoms with Crippen molar-refractivity contribution in [1.82, 2.24) is 14.3 Å². The molecule has 0 saturated carbocycles. The van der Waals surface area contributed by atoms with Gasteiger partial charge in [-0.15, -0.1) is 5.10 Å². The molecule has 1 aromatic carbocycles. The Hall–Kier alpha value is -1.95. The van der Waals surface area contributed by atoms with Crippen molar-refractivity contribution < 1.29 is 9.18 Å². The molecule has 0 atom stereocenters. The van der Waals surface area contributed by atoms with Gasteiger partial charge in [-0.2, -0.15) is 4.68 Å². The first kappa shape index (κ1) is 11.5. The third kappa shape index (κ3) is 1.99. The van der Waals surface area contributed by atoms with Crippen LogP contribution in [-0.4, -0.2) is 19.6 Å². The van der Waals surface area contributed by atoms with E-state index in [4.69, 9.17) is 11.6 Å². The van der Waals surface area contributed by atoms with Gasteiger partial charge in [0.15, 0.2) is 0 Å². The van der Waals surface area contributed by atoms with E-state index in [-0.39, 0.29) is 5.82 Å². The van der Waals surface area contributed by atoms with Crippen molar-refractivity contribution in [3.8, 4) is 5.69 Å². The van der Waals surface area contributed by atoms with E-state index in [2.05, 4.69) is 5.10 Å².